The fraction of sp³-hybridized carbons (Fsp3) is 0.412. The number of ether oxygens (including phenoxy) is 1. The summed E-state index contributed by atoms with van der Waals surface area (Å²) in [5.41, 5.74) is 3.44. The van der Waals surface area contributed by atoms with Crippen molar-refractivity contribution in [3.63, 3.8) is 0 Å². The molecule has 1 aromatic carbocycles. The van der Waals surface area contributed by atoms with E-state index in [1.807, 2.05) is 0 Å². The molecule has 0 amide bonds. The van der Waals surface area contributed by atoms with E-state index in [-0.39, 0.29) is 0 Å². The van der Waals surface area contributed by atoms with Crippen molar-refractivity contribution < 1.29 is 4.74 Å². The number of rotatable bonds is 5. The van der Waals surface area contributed by atoms with Gasteiger partial charge in [-0.1, -0.05) is 24.3 Å². The summed E-state index contributed by atoms with van der Waals surface area (Å²) in [5, 5.41) is 0. The van der Waals surface area contributed by atoms with Crippen molar-refractivity contribution in [1.29, 1.82) is 0 Å². The predicted molar refractivity (Wildman–Crippen MR) is 83.0 cm³/mol. The molecular formula is C17H21N3O. The quantitative estimate of drug-likeness (QED) is 0.844. The topological polar surface area (TPSA) is 38.2 Å². The fourth-order valence-corrected chi connectivity index (χ4v) is 2.62. The van der Waals surface area contributed by atoms with Gasteiger partial charge in [-0.05, 0) is 24.9 Å². The molecule has 110 valence electrons. The third kappa shape index (κ3) is 4.09. The van der Waals surface area contributed by atoms with Gasteiger partial charge in [-0.2, -0.15) is 0 Å². The summed E-state index contributed by atoms with van der Waals surface area (Å²) in [4.78, 5) is 10.9. The monoisotopic (exact) mass is 283 g/mol. The molecular weight excluding hydrogens is 262 g/mol. The van der Waals surface area contributed by atoms with Gasteiger partial charge in [0.05, 0.1) is 25.1 Å². The van der Waals surface area contributed by atoms with Gasteiger partial charge in [0.2, 0.25) is 0 Å². The Morgan fingerprint density at radius 3 is 2.57 bits per heavy atom. The third-order valence-corrected chi connectivity index (χ3v) is 3.86. The van der Waals surface area contributed by atoms with Gasteiger partial charge in [0.1, 0.15) is 0 Å². The second-order valence-corrected chi connectivity index (χ2v) is 5.35. The summed E-state index contributed by atoms with van der Waals surface area (Å²) in [7, 11) is 0. The Morgan fingerprint density at radius 1 is 1.05 bits per heavy atom. The average Bonchev–Trinajstić information content (AvgIpc) is 2.57. The van der Waals surface area contributed by atoms with Crippen LogP contribution in [0.15, 0.2) is 42.9 Å². The Labute approximate surface area is 125 Å². The molecule has 21 heavy (non-hydrogen) atoms. The lowest BCUT2D eigenvalue weighted by atomic mass is 10.1. The van der Waals surface area contributed by atoms with Gasteiger partial charge in [-0.3, -0.25) is 14.9 Å². The van der Waals surface area contributed by atoms with Crippen LogP contribution in [0.2, 0.25) is 0 Å². The highest BCUT2D eigenvalue weighted by molar-refractivity contribution is 5.58. The van der Waals surface area contributed by atoms with Crippen LogP contribution < -0.4 is 0 Å². The summed E-state index contributed by atoms with van der Waals surface area (Å²) < 4.78 is 5.37. The minimum atomic E-state index is 0.882. The average molecular weight is 283 g/mol. The molecule has 1 aliphatic heterocycles. The summed E-state index contributed by atoms with van der Waals surface area (Å²) in [6.07, 6.45) is 7.55. The van der Waals surface area contributed by atoms with E-state index >= 15 is 0 Å². The number of benzene rings is 1. The molecule has 0 saturated carbocycles. The number of aromatic nitrogens is 2. The molecule has 0 N–H and O–H groups in total. The minimum absolute atomic E-state index is 0.882. The summed E-state index contributed by atoms with van der Waals surface area (Å²) in [6, 6.07) is 8.66. The molecule has 4 nitrogen and oxygen atoms in total. The number of hydrogen-bond donors (Lipinski definition) is 0. The van der Waals surface area contributed by atoms with Crippen molar-refractivity contribution in [2.24, 2.45) is 0 Å². The lowest BCUT2D eigenvalue weighted by Crippen LogP contribution is -2.36. The molecule has 0 bridgehead atoms. The smallest absolute Gasteiger partial charge is 0.0885 e. The van der Waals surface area contributed by atoms with Crippen LogP contribution in [0.25, 0.3) is 11.3 Å². The standard InChI is InChI=1S/C17H21N3O/c1(9-20-10-12-21-13-11-20)2-15-3-5-16(6-4-15)17-14-18-7-8-19-17/h3-8,14H,1-2,9-13H2. The number of morpholine rings is 1. The van der Waals surface area contributed by atoms with Crippen LogP contribution >= 0.6 is 0 Å². The summed E-state index contributed by atoms with van der Waals surface area (Å²) in [5.74, 6) is 0. The van der Waals surface area contributed by atoms with Crippen LogP contribution in [0.4, 0.5) is 0 Å². The highest BCUT2D eigenvalue weighted by atomic mass is 16.5. The molecule has 0 aliphatic carbocycles. The van der Waals surface area contributed by atoms with Crippen molar-refractivity contribution in [3.05, 3.63) is 48.4 Å². The van der Waals surface area contributed by atoms with Gasteiger partial charge in [-0.15, -0.1) is 0 Å². The Hall–Kier alpha value is -1.78. The maximum atomic E-state index is 5.37. The van der Waals surface area contributed by atoms with Crippen LogP contribution in [-0.2, 0) is 11.2 Å². The van der Waals surface area contributed by atoms with E-state index in [1.54, 1.807) is 18.6 Å². The molecule has 0 atom stereocenters. The molecule has 1 aliphatic rings. The largest absolute Gasteiger partial charge is 0.379 e. The van der Waals surface area contributed by atoms with Crippen LogP contribution in [0, 0.1) is 0 Å². The normalized spacial score (nSPS) is 16.0. The fourth-order valence-electron chi connectivity index (χ4n) is 2.62. The lowest BCUT2D eigenvalue weighted by Gasteiger charge is -2.26. The van der Waals surface area contributed by atoms with Gasteiger partial charge in [0.15, 0.2) is 0 Å². The highest BCUT2D eigenvalue weighted by Gasteiger charge is 2.09. The first kappa shape index (κ1) is 14.2. The number of aryl methyl sites for hydroxylation is 1. The van der Waals surface area contributed by atoms with Gasteiger partial charge >= 0.3 is 0 Å². The minimum Gasteiger partial charge on any atom is -0.379 e. The molecule has 0 spiro atoms. The number of nitrogens with zero attached hydrogens (tertiary/aromatic N) is 3. The molecule has 4 heteroatoms. The van der Waals surface area contributed by atoms with E-state index in [0.717, 1.165) is 50.5 Å². The van der Waals surface area contributed by atoms with Crippen LogP contribution in [-0.4, -0.2) is 47.7 Å². The van der Waals surface area contributed by atoms with Gasteiger partial charge in [0, 0.05) is 31.0 Å². The molecule has 2 aromatic rings. The van der Waals surface area contributed by atoms with Crippen molar-refractivity contribution in [2.75, 3.05) is 32.8 Å². The molecule has 2 heterocycles. The predicted octanol–water partition coefficient (Wildman–Crippen LogP) is 2.41. The zero-order chi connectivity index (χ0) is 14.3. The molecule has 1 fully saturated rings. The molecule has 1 aromatic heterocycles. The van der Waals surface area contributed by atoms with Gasteiger partial charge in [-0.25, -0.2) is 0 Å². The van der Waals surface area contributed by atoms with E-state index < -0.39 is 0 Å². The van der Waals surface area contributed by atoms with Gasteiger partial charge in [0.25, 0.3) is 0 Å². The molecule has 1 saturated heterocycles. The Balaban J connectivity index is 1.50. The zero-order valence-electron chi connectivity index (χ0n) is 12.2. The second-order valence-electron chi connectivity index (χ2n) is 5.35. The Morgan fingerprint density at radius 2 is 1.86 bits per heavy atom. The van der Waals surface area contributed by atoms with E-state index in [9.17, 15) is 0 Å². The molecule has 0 radical (unpaired) electrons. The van der Waals surface area contributed by atoms with Crippen molar-refractivity contribution in [1.82, 2.24) is 14.9 Å². The van der Waals surface area contributed by atoms with E-state index in [2.05, 4.69) is 39.1 Å². The summed E-state index contributed by atoms with van der Waals surface area (Å²) >= 11 is 0. The molecule has 0 unspecified atom stereocenters. The third-order valence-electron chi connectivity index (χ3n) is 3.86. The summed E-state index contributed by atoms with van der Waals surface area (Å²) in [6.45, 7) is 5.08. The van der Waals surface area contributed by atoms with E-state index in [1.165, 1.54) is 12.0 Å². The van der Waals surface area contributed by atoms with Crippen molar-refractivity contribution >= 4 is 0 Å². The van der Waals surface area contributed by atoms with Crippen molar-refractivity contribution in [3.8, 4) is 11.3 Å². The SMILES string of the molecule is c1cnc(-c2ccc(CCCN3CCOCC3)cc2)cn1. The second kappa shape index (κ2) is 7.29. The first-order valence-corrected chi connectivity index (χ1v) is 7.57. The van der Waals surface area contributed by atoms with E-state index in [0.29, 0.717) is 0 Å². The maximum Gasteiger partial charge on any atom is 0.0885 e. The number of hydrogen-bond acceptors (Lipinski definition) is 4. The first-order valence-electron chi connectivity index (χ1n) is 7.57. The molecule has 3 rings (SSSR count). The Kier molecular flexibility index (Phi) is 4.92. The van der Waals surface area contributed by atoms with E-state index in [4.69, 9.17) is 4.74 Å². The first-order chi connectivity index (χ1) is 10.4. The van der Waals surface area contributed by atoms with Crippen LogP contribution in [0.5, 0.6) is 0 Å². The van der Waals surface area contributed by atoms with Crippen molar-refractivity contribution in [2.45, 2.75) is 12.8 Å². The zero-order valence-corrected chi connectivity index (χ0v) is 12.2. The Bertz CT molecular complexity index is 536. The highest BCUT2D eigenvalue weighted by Crippen LogP contribution is 2.16. The van der Waals surface area contributed by atoms with Gasteiger partial charge < -0.3 is 4.74 Å². The lowest BCUT2D eigenvalue weighted by molar-refractivity contribution is 0.0375. The van der Waals surface area contributed by atoms with Crippen LogP contribution in [0.3, 0.4) is 0 Å². The van der Waals surface area contributed by atoms with Crippen LogP contribution in [0.1, 0.15) is 12.0 Å². The maximum absolute atomic E-state index is 5.37.